The first-order chi connectivity index (χ1) is 15.8. The summed E-state index contributed by atoms with van der Waals surface area (Å²) in [7, 11) is -3.73. The molecule has 0 amide bonds. The molecule has 1 aliphatic heterocycles. The molecule has 0 bridgehead atoms. The highest BCUT2D eigenvalue weighted by atomic mass is 35.5. The Morgan fingerprint density at radius 3 is 2.55 bits per heavy atom. The number of rotatable bonds is 6. The van der Waals surface area contributed by atoms with E-state index in [1.165, 1.54) is 16.4 Å². The molecule has 0 saturated carbocycles. The van der Waals surface area contributed by atoms with Gasteiger partial charge in [0.15, 0.2) is 0 Å². The molecule has 4 rings (SSSR count). The van der Waals surface area contributed by atoms with E-state index < -0.39 is 15.8 Å². The molecule has 5 nitrogen and oxygen atoms in total. The minimum Gasteiger partial charge on any atom is -0.363 e. The van der Waals surface area contributed by atoms with Gasteiger partial charge in [-0.25, -0.2) is 12.8 Å². The van der Waals surface area contributed by atoms with Crippen LogP contribution in [-0.4, -0.2) is 31.9 Å². The summed E-state index contributed by atoms with van der Waals surface area (Å²) in [6, 6.07) is 20.2. The Bertz CT molecular complexity index is 1310. The summed E-state index contributed by atoms with van der Waals surface area (Å²) in [6.07, 6.45) is 0.629. The third-order valence-corrected chi connectivity index (χ3v) is 8.22. The van der Waals surface area contributed by atoms with Crippen LogP contribution in [0, 0.1) is 24.1 Å². The van der Waals surface area contributed by atoms with Crippen LogP contribution in [0.4, 0.5) is 10.1 Å². The van der Waals surface area contributed by atoms with Gasteiger partial charge in [-0.1, -0.05) is 35.9 Å². The summed E-state index contributed by atoms with van der Waals surface area (Å²) >= 11 is 6.32. The first-order valence-corrected chi connectivity index (χ1v) is 12.4. The standard InChI is InChI=1S/C25H23ClFN3O2S/c1-18-4-2-3-5-20(18)16-30(22-9-6-19(15-28)25(26)14-22)23-12-13-29(17-23)33(31,32)24-10-7-21(27)8-11-24/h2-11,14,23H,12-13,16-17H2,1H3/t23-/m0/s1. The fourth-order valence-corrected chi connectivity index (χ4v) is 5.82. The Morgan fingerprint density at radius 2 is 1.88 bits per heavy atom. The number of nitrogens with zero attached hydrogens (tertiary/aromatic N) is 3. The van der Waals surface area contributed by atoms with Gasteiger partial charge in [-0.05, 0) is 66.9 Å². The Kier molecular flexibility index (Phi) is 6.71. The molecule has 170 valence electrons. The van der Waals surface area contributed by atoms with Gasteiger partial charge in [-0.15, -0.1) is 0 Å². The van der Waals surface area contributed by atoms with Crippen molar-refractivity contribution in [1.82, 2.24) is 4.31 Å². The van der Waals surface area contributed by atoms with Gasteiger partial charge in [0.05, 0.1) is 15.5 Å². The molecular formula is C25H23ClFN3O2S. The lowest BCUT2D eigenvalue weighted by Crippen LogP contribution is -2.38. The van der Waals surface area contributed by atoms with Crippen LogP contribution in [0.25, 0.3) is 0 Å². The van der Waals surface area contributed by atoms with Crippen LogP contribution in [0.1, 0.15) is 23.1 Å². The molecule has 1 fully saturated rings. The second-order valence-electron chi connectivity index (χ2n) is 8.09. The van der Waals surface area contributed by atoms with E-state index in [4.69, 9.17) is 11.6 Å². The highest BCUT2D eigenvalue weighted by molar-refractivity contribution is 7.89. The van der Waals surface area contributed by atoms with Gasteiger partial charge in [0.25, 0.3) is 0 Å². The van der Waals surface area contributed by atoms with E-state index in [1.54, 1.807) is 12.1 Å². The normalized spacial score (nSPS) is 16.5. The molecule has 0 aliphatic carbocycles. The predicted molar refractivity (Wildman–Crippen MR) is 127 cm³/mol. The van der Waals surface area contributed by atoms with Crippen molar-refractivity contribution in [2.45, 2.75) is 30.8 Å². The summed E-state index contributed by atoms with van der Waals surface area (Å²) in [5.41, 5.74) is 3.48. The maximum absolute atomic E-state index is 13.3. The quantitative estimate of drug-likeness (QED) is 0.487. The van der Waals surface area contributed by atoms with Crippen molar-refractivity contribution in [3.63, 3.8) is 0 Å². The zero-order valence-electron chi connectivity index (χ0n) is 18.1. The maximum Gasteiger partial charge on any atom is 0.243 e. The van der Waals surface area contributed by atoms with Gasteiger partial charge in [0.2, 0.25) is 10.0 Å². The Morgan fingerprint density at radius 1 is 1.15 bits per heavy atom. The molecule has 1 heterocycles. The molecule has 0 unspecified atom stereocenters. The number of halogens is 2. The topological polar surface area (TPSA) is 64.4 Å². The van der Waals surface area contributed by atoms with Crippen LogP contribution in [0.5, 0.6) is 0 Å². The molecular weight excluding hydrogens is 461 g/mol. The molecule has 1 saturated heterocycles. The van der Waals surface area contributed by atoms with E-state index in [9.17, 15) is 18.1 Å². The van der Waals surface area contributed by atoms with Crippen molar-refractivity contribution in [3.8, 4) is 6.07 Å². The van der Waals surface area contributed by atoms with Crippen LogP contribution in [0.2, 0.25) is 5.02 Å². The summed E-state index contributed by atoms with van der Waals surface area (Å²) in [5.74, 6) is -0.477. The Labute approximate surface area is 198 Å². The SMILES string of the molecule is Cc1ccccc1CN(c1ccc(C#N)c(Cl)c1)[C@H]1CCN(S(=O)(=O)c2ccc(F)cc2)C1. The van der Waals surface area contributed by atoms with Crippen molar-refractivity contribution < 1.29 is 12.8 Å². The first kappa shape index (κ1) is 23.2. The van der Waals surface area contributed by atoms with Gasteiger partial charge in [0, 0.05) is 31.4 Å². The number of hydrogen-bond acceptors (Lipinski definition) is 4. The number of aryl methyl sites for hydroxylation is 1. The molecule has 3 aromatic carbocycles. The number of sulfonamides is 1. The molecule has 0 spiro atoms. The summed E-state index contributed by atoms with van der Waals surface area (Å²) in [5, 5.41) is 9.60. The average Bonchev–Trinajstić information content (AvgIpc) is 3.30. The first-order valence-electron chi connectivity index (χ1n) is 10.6. The zero-order valence-corrected chi connectivity index (χ0v) is 19.7. The van der Waals surface area contributed by atoms with Crippen LogP contribution < -0.4 is 4.90 Å². The number of hydrogen-bond donors (Lipinski definition) is 0. The van der Waals surface area contributed by atoms with Crippen LogP contribution in [0.15, 0.2) is 71.6 Å². The van der Waals surface area contributed by atoms with E-state index in [-0.39, 0.29) is 10.9 Å². The second-order valence-corrected chi connectivity index (χ2v) is 10.4. The van der Waals surface area contributed by atoms with Crippen molar-refractivity contribution in [2.75, 3.05) is 18.0 Å². The van der Waals surface area contributed by atoms with Crippen molar-refractivity contribution in [1.29, 1.82) is 5.26 Å². The smallest absolute Gasteiger partial charge is 0.243 e. The Balaban J connectivity index is 1.65. The van der Waals surface area contributed by atoms with Gasteiger partial charge in [0.1, 0.15) is 11.9 Å². The van der Waals surface area contributed by atoms with Gasteiger partial charge < -0.3 is 4.90 Å². The number of nitriles is 1. The fourth-order valence-electron chi connectivity index (χ4n) is 4.11. The predicted octanol–water partition coefficient (Wildman–Crippen LogP) is 5.13. The Hall–Kier alpha value is -2.92. The van der Waals surface area contributed by atoms with Crippen LogP contribution in [0.3, 0.4) is 0 Å². The van der Waals surface area contributed by atoms with Crippen LogP contribution in [-0.2, 0) is 16.6 Å². The minimum atomic E-state index is -3.73. The summed E-state index contributed by atoms with van der Waals surface area (Å²) in [6.45, 7) is 3.27. The lowest BCUT2D eigenvalue weighted by molar-refractivity contribution is 0.468. The lowest BCUT2D eigenvalue weighted by Gasteiger charge is -2.32. The highest BCUT2D eigenvalue weighted by Crippen LogP contribution is 2.31. The number of benzene rings is 3. The zero-order chi connectivity index (χ0) is 23.6. The van der Waals surface area contributed by atoms with E-state index in [1.807, 2.05) is 31.2 Å². The molecule has 33 heavy (non-hydrogen) atoms. The van der Waals surface area contributed by atoms with Crippen molar-refractivity contribution in [3.05, 3.63) is 94.3 Å². The average molecular weight is 484 g/mol. The molecule has 8 heteroatoms. The molecule has 0 aromatic heterocycles. The van der Waals surface area contributed by atoms with Crippen molar-refractivity contribution in [2.24, 2.45) is 0 Å². The van der Waals surface area contributed by atoms with Crippen molar-refractivity contribution >= 4 is 27.3 Å². The molecule has 1 atom stereocenters. The van der Waals surface area contributed by atoms with E-state index >= 15 is 0 Å². The minimum absolute atomic E-state index is 0.0800. The monoisotopic (exact) mass is 483 g/mol. The van der Waals surface area contributed by atoms with Gasteiger partial charge in [-0.3, -0.25) is 0 Å². The third-order valence-electron chi connectivity index (χ3n) is 6.03. The van der Waals surface area contributed by atoms with Gasteiger partial charge >= 0.3 is 0 Å². The molecule has 0 radical (unpaired) electrons. The maximum atomic E-state index is 13.3. The largest absolute Gasteiger partial charge is 0.363 e. The van der Waals surface area contributed by atoms with E-state index in [2.05, 4.69) is 17.0 Å². The number of anilines is 1. The van der Waals surface area contributed by atoms with E-state index in [0.717, 1.165) is 28.9 Å². The second kappa shape index (κ2) is 9.52. The van der Waals surface area contributed by atoms with Gasteiger partial charge in [-0.2, -0.15) is 9.57 Å². The summed E-state index contributed by atoms with van der Waals surface area (Å²) < 4.78 is 41.0. The molecule has 1 aliphatic rings. The molecule has 0 N–H and O–H groups in total. The van der Waals surface area contributed by atoms with E-state index in [0.29, 0.717) is 36.6 Å². The third kappa shape index (κ3) is 4.88. The molecule has 3 aromatic rings. The van der Waals surface area contributed by atoms with Crippen LogP contribution >= 0.6 is 11.6 Å². The fraction of sp³-hybridized carbons (Fsp3) is 0.240. The lowest BCUT2D eigenvalue weighted by atomic mass is 10.1. The highest BCUT2D eigenvalue weighted by Gasteiger charge is 2.35. The summed E-state index contributed by atoms with van der Waals surface area (Å²) in [4.78, 5) is 2.23.